The molecule has 1 atom stereocenters. The molecule has 0 saturated carbocycles. The molecule has 0 bridgehead atoms. The molecule has 0 amide bonds. The van der Waals surface area contributed by atoms with Crippen LogP contribution < -0.4 is 4.74 Å². The van der Waals surface area contributed by atoms with Crippen molar-refractivity contribution in [1.82, 2.24) is 9.80 Å². The number of rotatable bonds is 9. The molecule has 0 aromatic heterocycles. The lowest BCUT2D eigenvalue weighted by Gasteiger charge is -2.26. The number of carbonyl (C=O) groups is 1. The van der Waals surface area contributed by atoms with Gasteiger partial charge in [0, 0.05) is 18.2 Å². The number of hydrogen-bond donors (Lipinski definition) is 0. The highest BCUT2D eigenvalue weighted by atomic mass is 16.5. The van der Waals surface area contributed by atoms with Crippen LogP contribution in [0.25, 0.3) is 0 Å². The number of aryl methyl sites for hydroxylation is 1. The van der Waals surface area contributed by atoms with E-state index in [1.807, 2.05) is 31.2 Å². The smallest absolute Gasteiger partial charge is 0.176 e. The maximum atomic E-state index is 12.8. The Morgan fingerprint density at radius 2 is 1.84 bits per heavy atom. The maximum Gasteiger partial charge on any atom is 0.176 e. The van der Waals surface area contributed by atoms with Gasteiger partial charge < -0.3 is 9.64 Å². The largest absolute Gasteiger partial charge is 0.494 e. The number of piperidine rings is 1. The molecule has 0 aliphatic carbocycles. The van der Waals surface area contributed by atoms with E-state index in [2.05, 4.69) is 34.1 Å². The first-order valence-electron chi connectivity index (χ1n) is 12.0. The van der Waals surface area contributed by atoms with Crippen LogP contribution in [0.1, 0.15) is 66.1 Å². The Morgan fingerprint density at radius 3 is 2.68 bits per heavy atom. The third-order valence-corrected chi connectivity index (χ3v) is 6.63. The Labute approximate surface area is 187 Å². The Hall–Kier alpha value is -2.17. The van der Waals surface area contributed by atoms with E-state index in [1.165, 1.54) is 37.9 Å². The molecule has 2 heterocycles. The van der Waals surface area contributed by atoms with Gasteiger partial charge in [0.2, 0.25) is 0 Å². The van der Waals surface area contributed by atoms with Crippen molar-refractivity contribution in [3.8, 4) is 5.75 Å². The Bertz CT molecular complexity index is 860. The third-order valence-electron chi connectivity index (χ3n) is 6.63. The van der Waals surface area contributed by atoms with Crippen LogP contribution in [0.4, 0.5) is 0 Å². The average Bonchev–Trinajstić information content (AvgIpc) is 3.26. The van der Waals surface area contributed by atoms with Gasteiger partial charge in [0.15, 0.2) is 5.78 Å². The van der Waals surface area contributed by atoms with Gasteiger partial charge in [-0.1, -0.05) is 42.3 Å². The molecule has 1 unspecified atom stereocenters. The van der Waals surface area contributed by atoms with E-state index in [4.69, 9.17) is 4.74 Å². The van der Waals surface area contributed by atoms with E-state index in [-0.39, 0.29) is 5.78 Å². The molecule has 166 valence electrons. The summed E-state index contributed by atoms with van der Waals surface area (Å²) in [6.07, 6.45) is 7.37. The predicted octanol–water partition coefficient (Wildman–Crippen LogP) is 5.27. The lowest BCUT2D eigenvalue weighted by molar-refractivity contribution is 0.0921. The molecule has 31 heavy (non-hydrogen) atoms. The van der Waals surface area contributed by atoms with Crippen LogP contribution in [-0.4, -0.2) is 54.9 Å². The normalized spacial score (nSPS) is 20.1. The highest BCUT2D eigenvalue weighted by Gasteiger charge is 2.28. The summed E-state index contributed by atoms with van der Waals surface area (Å²) in [7, 11) is 0. The fraction of sp³-hybridized carbons (Fsp3) is 0.519. The van der Waals surface area contributed by atoms with Gasteiger partial charge in [0.1, 0.15) is 5.75 Å². The minimum Gasteiger partial charge on any atom is -0.494 e. The first-order chi connectivity index (χ1) is 15.2. The van der Waals surface area contributed by atoms with Crippen molar-refractivity contribution in [2.24, 2.45) is 0 Å². The van der Waals surface area contributed by atoms with Gasteiger partial charge in [-0.05, 0) is 82.4 Å². The van der Waals surface area contributed by atoms with E-state index in [9.17, 15) is 4.79 Å². The number of likely N-dealkylation sites (tertiary alicyclic amines) is 2. The zero-order valence-corrected chi connectivity index (χ0v) is 18.9. The van der Waals surface area contributed by atoms with E-state index >= 15 is 0 Å². The summed E-state index contributed by atoms with van der Waals surface area (Å²) in [6.45, 7) is 7.88. The molecule has 4 nitrogen and oxygen atoms in total. The Kier molecular flexibility index (Phi) is 7.76. The monoisotopic (exact) mass is 420 g/mol. The Balaban J connectivity index is 1.31. The van der Waals surface area contributed by atoms with Crippen LogP contribution in [-0.2, 0) is 0 Å². The minimum absolute atomic E-state index is 0.209. The fourth-order valence-electron chi connectivity index (χ4n) is 4.96. The highest BCUT2D eigenvalue weighted by Crippen LogP contribution is 2.33. The summed E-state index contributed by atoms with van der Waals surface area (Å²) in [4.78, 5) is 17.7. The number of ketones is 1. The summed E-state index contributed by atoms with van der Waals surface area (Å²) in [5.74, 6) is 1.16. The first-order valence-corrected chi connectivity index (χ1v) is 12.0. The van der Waals surface area contributed by atoms with Gasteiger partial charge in [0.25, 0.3) is 0 Å². The SMILES string of the molecule is Cc1cccc(C(=O)CN2CCCC2c2cccc(OCCCN3CCCCC3)c2)c1. The standard InChI is InChI=1S/C27H36N2O2/c1-22-9-5-11-24(19-22)27(30)21-29-17-7-13-26(29)23-10-6-12-25(20-23)31-18-8-16-28-14-3-2-4-15-28/h5-6,9-12,19-20,26H,2-4,7-8,13-18,21H2,1H3. The van der Waals surface area contributed by atoms with Gasteiger partial charge >= 0.3 is 0 Å². The van der Waals surface area contributed by atoms with Crippen LogP contribution in [0, 0.1) is 6.92 Å². The molecular weight excluding hydrogens is 384 g/mol. The summed E-state index contributed by atoms with van der Waals surface area (Å²) < 4.78 is 6.08. The van der Waals surface area contributed by atoms with Gasteiger partial charge in [-0.2, -0.15) is 0 Å². The van der Waals surface area contributed by atoms with Crippen molar-refractivity contribution in [2.75, 3.05) is 39.3 Å². The van der Waals surface area contributed by atoms with Crippen molar-refractivity contribution >= 4 is 5.78 Å². The number of nitrogens with zero attached hydrogens (tertiary/aromatic N) is 2. The number of hydrogen-bond acceptors (Lipinski definition) is 4. The molecule has 2 saturated heterocycles. The van der Waals surface area contributed by atoms with Crippen LogP contribution in [0.5, 0.6) is 5.75 Å². The van der Waals surface area contributed by atoms with Crippen molar-refractivity contribution in [1.29, 1.82) is 0 Å². The molecule has 4 rings (SSSR count). The zero-order chi connectivity index (χ0) is 21.5. The third kappa shape index (κ3) is 6.18. The van der Waals surface area contributed by atoms with E-state index < -0.39 is 0 Å². The number of benzene rings is 2. The van der Waals surface area contributed by atoms with E-state index in [1.54, 1.807) is 0 Å². The summed E-state index contributed by atoms with van der Waals surface area (Å²) in [5.41, 5.74) is 3.22. The van der Waals surface area contributed by atoms with Crippen LogP contribution in [0.2, 0.25) is 0 Å². The second-order valence-corrected chi connectivity index (χ2v) is 9.10. The van der Waals surface area contributed by atoms with Crippen molar-refractivity contribution in [3.05, 3.63) is 65.2 Å². The predicted molar refractivity (Wildman–Crippen MR) is 126 cm³/mol. The van der Waals surface area contributed by atoms with Crippen molar-refractivity contribution in [2.45, 2.75) is 51.5 Å². The Morgan fingerprint density at radius 1 is 1.00 bits per heavy atom. The van der Waals surface area contributed by atoms with E-state index in [0.29, 0.717) is 12.6 Å². The molecule has 0 N–H and O–H groups in total. The lowest BCUT2D eigenvalue weighted by atomic mass is 10.0. The zero-order valence-electron chi connectivity index (χ0n) is 18.9. The maximum absolute atomic E-state index is 12.8. The lowest BCUT2D eigenvalue weighted by Crippen LogP contribution is -2.31. The summed E-state index contributed by atoms with van der Waals surface area (Å²) >= 11 is 0. The second kappa shape index (κ2) is 10.9. The van der Waals surface area contributed by atoms with Gasteiger partial charge in [-0.3, -0.25) is 9.69 Å². The minimum atomic E-state index is 0.209. The fourth-order valence-corrected chi connectivity index (χ4v) is 4.96. The van der Waals surface area contributed by atoms with Crippen molar-refractivity contribution < 1.29 is 9.53 Å². The molecule has 4 heteroatoms. The molecular formula is C27H36N2O2. The molecule has 2 aliphatic rings. The summed E-state index contributed by atoms with van der Waals surface area (Å²) in [6, 6.07) is 16.7. The second-order valence-electron chi connectivity index (χ2n) is 9.10. The summed E-state index contributed by atoms with van der Waals surface area (Å²) in [5, 5.41) is 0. The number of ether oxygens (including phenoxy) is 1. The van der Waals surface area contributed by atoms with Gasteiger partial charge in [-0.25, -0.2) is 0 Å². The van der Waals surface area contributed by atoms with Crippen molar-refractivity contribution in [3.63, 3.8) is 0 Å². The average molecular weight is 421 g/mol. The van der Waals surface area contributed by atoms with Gasteiger partial charge in [-0.15, -0.1) is 0 Å². The molecule has 0 radical (unpaired) electrons. The quantitative estimate of drug-likeness (QED) is 0.409. The topological polar surface area (TPSA) is 32.8 Å². The van der Waals surface area contributed by atoms with Crippen LogP contribution in [0.15, 0.2) is 48.5 Å². The van der Waals surface area contributed by atoms with Crippen LogP contribution >= 0.6 is 0 Å². The number of carbonyl (C=O) groups excluding carboxylic acids is 1. The molecule has 2 aliphatic heterocycles. The van der Waals surface area contributed by atoms with Crippen LogP contribution in [0.3, 0.4) is 0 Å². The molecule has 2 aromatic carbocycles. The van der Waals surface area contributed by atoms with Gasteiger partial charge in [0.05, 0.1) is 13.2 Å². The molecule has 0 spiro atoms. The van der Waals surface area contributed by atoms with E-state index in [0.717, 1.165) is 55.8 Å². The molecule has 2 fully saturated rings. The first kappa shape index (κ1) is 22.0. The number of Topliss-reactive ketones (excluding diaryl/α,β-unsaturated/α-hetero) is 1. The highest BCUT2D eigenvalue weighted by molar-refractivity contribution is 5.97. The molecule has 2 aromatic rings.